The largest absolute Gasteiger partial charge is 0.481 e. The smallest absolute Gasteiger partial charge is 0.412 e. The number of pyridine rings is 4. The lowest BCUT2D eigenvalue weighted by molar-refractivity contribution is -0.172. The molecule has 36 nitrogen and oxygen atoms in total. The van der Waals surface area contributed by atoms with Gasteiger partial charge in [-0.1, -0.05) is 39.5 Å². The van der Waals surface area contributed by atoms with Crippen molar-refractivity contribution in [1.29, 1.82) is 0 Å². The number of nitrogens with zero attached hydrogens (tertiary/aromatic N) is 4. The Bertz CT molecular complexity index is 4550. The van der Waals surface area contributed by atoms with Crippen molar-refractivity contribution in [3.05, 3.63) is 115 Å². The van der Waals surface area contributed by atoms with Gasteiger partial charge in [0.1, 0.15) is 43.5 Å². The van der Waals surface area contributed by atoms with Crippen LogP contribution in [-0.4, -0.2) is 233 Å². The monoisotopic (exact) mass is 1650 g/mol. The lowest BCUT2D eigenvalue weighted by Gasteiger charge is -2.31. The van der Waals surface area contributed by atoms with E-state index in [0.717, 1.165) is 73.3 Å². The summed E-state index contributed by atoms with van der Waals surface area (Å²) in [6.07, 6.45) is 4.42. The number of benzene rings is 2. The van der Waals surface area contributed by atoms with E-state index < -0.39 is 59.1 Å². The molecule has 4 aliphatic heterocycles. The van der Waals surface area contributed by atoms with Crippen molar-refractivity contribution in [2.24, 2.45) is 0 Å². The van der Waals surface area contributed by atoms with Crippen LogP contribution in [0, 0.1) is 0 Å². The first-order valence-corrected chi connectivity index (χ1v) is 39.9. The Morgan fingerprint density at radius 1 is 0.449 bits per heavy atom. The highest BCUT2D eigenvalue weighted by Crippen LogP contribution is 2.41. The number of aliphatic carboxylic acids is 1. The summed E-state index contributed by atoms with van der Waals surface area (Å²) < 4.78 is 82.6. The quantitative estimate of drug-likeness (QED) is 0.0112. The third-order valence-electron chi connectivity index (χ3n) is 19.1. The molecule has 0 saturated carbocycles. The van der Waals surface area contributed by atoms with Crippen molar-refractivity contribution < 1.29 is 125 Å². The SMILES string of the molecule is CC[C@]1(O)C(=O)OCc2c1cc1n(c2=O)Cc2cc3cc(OC(=O)NCCCCCCNC(=O)OCCOCCOCCOCCOCCC(=O)O)ccc3nc2-1.CC[C@]1(O)C(=O)OCc2c1cc1n(c2=O)Cc2cc3cc(OC(=O)NCCCCCCNC(=O)OCCOCCOCCOCCOCCC(=O)OC(C)(C)C)ccc3nc2-1. The summed E-state index contributed by atoms with van der Waals surface area (Å²) in [6, 6.07) is 17.3. The summed E-state index contributed by atoms with van der Waals surface area (Å²) in [6.45, 7) is 16.3. The third-order valence-corrected chi connectivity index (χ3v) is 19.1. The van der Waals surface area contributed by atoms with Gasteiger partial charge in [-0.25, -0.2) is 38.7 Å². The lowest BCUT2D eigenvalue weighted by Crippen LogP contribution is -2.44. The number of nitrogens with one attached hydrogen (secondary N) is 4. The van der Waals surface area contributed by atoms with E-state index in [9.17, 15) is 58.2 Å². The molecule has 2 aromatic carbocycles. The van der Waals surface area contributed by atoms with E-state index >= 15 is 0 Å². The first kappa shape index (κ1) is 91.6. The molecule has 644 valence electrons. The number of carboxylic acid groups (broad SMARTS) is 1. The van der Waals surface area contributed by atoms with E-state index in [1.165, 1.54) is 0 Å². The van der Waals surface area contributed by atoms with Crippen LogP contribution in [0.4, 0.5) is 19.2 Å². The number of aromatic nitrogens is 4. The molecule has 0 bridgehead atoms. The molecule has 0 radical (unpaired) electrons. The van der Waals surface area contributed by atoms with Crippen LogP contribution in [-0.2, 0) is 118 Å². The maximum Gasteiger partial charge on any atom is 0.412 e. The van der Waals surface area contributed by atoms with E-state index in [2.05, 4.69) is 21.3 Å². The van der Waals surface area contributed by atoms with Crippen LogP contribution in [0.5, 0.6) is 11.5 Å². The molecule has 0 unspecified atom stereocenters. The molecule has 0 fully saturated rings. The molecule has 118 heavy (non-hydrogen) atoms. The van der Waals surface area contributed by atoms with E-state index in [-0.39, 0.29) is 131 Å². The summed E-state index contributed by atoms with van der Waals surface area (Å²) in [4.78, 5) is 132. The average Bonchev–Trinajstić information content (AvgIpc) is 1.54. The number of carbonyl (C=O) groups is 8. The van der Waals surface area contributed by atoms with Gasteiger partial charge in [-0.15, -0.1) is 0 Å². The third kappa shape index (κ3) is 27.1. The fourth-order valence-corrected chi connectivity index (χ4v) is 13.0. The van der Waals surface area contributed by atoms with E-state index in [4.69, 9.17) is 86.1 Å². The number of hydrogen-bond donors (Lipinski definition) is 7. The summed E-state index contributed by atoms with van der Waals surface area (Å²) in [5.74, 6) is -2.07. The molecule has 0 spiro atoms. The number of cyclic esters (lactones) is 2. The second-order valence-corrected chi connectivity index (χ2v) is 28.9. The minimum Gasteiger partial charge on any atom is -0.481 e. The standard InChI is InChI=1S/C43H58N4O14.C39H50N4O14/c1-5-43(53)33-26-35-37-30(27-47(35)38(49)32(33)28-59-39(43)50)24-29-25-31(10-11-34(29)46-37)60-41(52)45-14-9-7-6-8-13-44-40(51)58-23-22-57-21-20-56-19-18-55-17-16-54-15-12-36(48)61-42(2,3)4;1-2-39(50)30-23-32-34-27(24-43(32)35(46)29(30)25-56-36(39)47)21-26-22-28(7-8-31(26)42-34)57-38(49)41-11-6-4-3-5-10-40-37(48)55-20-19-54-18-17-53-16-15-52-14-13-51-12-9-33(44)45/h10-11,24-26,53H,5-9,12-23,27-28H2,1-4H3,(H,44,51)(H,45,52);7-8,21-23,50H,2-6,9-20,24-25H2,1H3,(H,40,48)(H,41,49)(H,44,45)/t43-;39-/m11/s1. The van der Waals surface area contributed by atoms with Gasteiger partial charge in [-0.05, 0) is 120 Å². The van der Waals surface area contributed by atoms with E-state index in [0.29, 0.717) is 151 Å². The Morgan fingerprint density at radius 2 is 0.788 bits per heavy atom. The number of rotatable bonds is 48. The average molecular weight is 1650 g/mol. The summed E-state index contributed by atoms with van der Waals surface area (Å²) >= 11 is 0. The number of carbonyl (C=O) groups excluding carboxylic acids is 7. The fourth-order valence-electron chi connectivity index (χ4n) is 13.0. The minimum absolute atomic E-state index is 0.0340. The van der Waals surface area contributed by atoms with Crippen LogP contribution in [0.15, 0.2) is 70.3 Å². The predicted molar refractivity (Wildman–Crippen MR) is 422 cm³/mol. The normalized spacial score (nSPS) is 15.4. The van der Waals surface area contributed by atoms with Gasteiger partial charge in [0.15, 0.2) is 11.2 Å². The molecular weight excluding hydrogens is 1540 g/mol. The van der Waals surface area contributed by atoms with Crippen LogP contribution in [0.1, 0.15) is 145 Å². The molecule has 7 N–H and O–H groups in total. The van der Waals surface area contributed by atoms with Crippen molar-refractivity contribution in [3.63, 3.8) is 0 Å². The zero-order valence-corrected chi connectivity index (χ0v) is 67.5. The number of esters is 3. The molecule has 0 saturated heterocycles. The predicted octanol–water partition coefficient (Wildman–Crippen LogP) is 7.25. The van der Waals surface area contributed by atoms with Gasteiger partial charge in [-0.2, -0.15) is 0 Å². The second-order valence-electron chi connectivity index (χ2n) is 28.9. The Balaban J connectivity index is 0.000000270. The second kappa shape index (κ2) is 46.2. The topological polar surface area (TPSA) is 454 Å². The highest BCUT2D eigenvalue weighted by molar-refractivity contribution is 5.89. The maximum atomic E-state index is 13.4. The number of carboxylic acids is 1. The molecule has 6 aromatic rings. The van der Waals surface area contributed by atoms with Crippen LogP contribution < -0.4 is 41.9 Å². The van der Waals surface area contributed by atoms with Crippen LogP contribution in [0.3, 0.4) is 0 Å². The molecule has 2 atom stereocenters. The minimum atomic E-state index is -1.90. The molecule has 4 aromatic heterocycles. The van der Waals surface area contributed by atoms with Gasteiger partial charge < -0.3 is 117 Å². The Morgan fingerprint density at radius 3 is 1.14 bits per heavy atom. The molecule has 36 heteroatoms. The number of amides is 4. The Kier molecular flexibility index (Phi) is 35.9. The molecule has 10 rings (SSSR count). The van der Waals surface area contributed by atoms with Crippen molar-refractivity contribution >= 4 is 70.1 Å². The Hall–Kier alpha value is -10.3. The highest BCUT2D eigenvalue weighted by Gasteiger charge is 2.47. The molecule has 4 aliphatic rings. The number of alkyl carbamates (subject to hydrolysis) is 2. The lowest BCUT2D eigenvalue weighted by atomic mass is 9.86. The van der Waals surface area contributed by atoms with Crippen molar-refractivity contribution in [2.75, 3.05) is 145 Å². The number of fused-ring (bicyclic) bond motifs is 10. The van der Waals surface area contributed by atoms with Crippen LogP contribution in [0.2, 0.25) is 0 Å². The van der Waals surface area contributed by atoms with Gasteiger partial charge in [-0.3, -0.25) is 19.2 Å². The van der Waals surface area contributed by atoms with Gasteiger partial charge in [0.25, 0.3) is 11.1 Å². The Labute approximate surface area is 681 Å². The molecule has 0 aliphatic carbocycles. The van der Waals surface area contributed by atoms with Crippen molar-refractivity contribution in [3.8, 4) is 34.3 Å². The van der Waals surface area contributed by atoms with Crippen molar-refractivity contribution in [1.82, 2.24) is 40.4 Å². The number of unbranched alkanes of at least 4 members (excludes halogenated alkanes) is 6. The summed E-state index contributed by atoms with van der Waals surface area (Å²) in [7, 11) is 0. The van der Waals surface area contributed by atoms with Gasteiger partial charge in [0.2, 0.25) is 0 Å². The fraction of sp³-hybridized carbons (Fsp3) is 0.561. The van der Waals surface area contributed by atoms with E-state index in [1.54, 1.807) is 71.5 Å². The maximum absolute atomic E-state index is 13.4. The highest BCUT2D eigenvalue weighted by atomic mass is 16.6. The van der Waals surface area contributed by atoms with Crippen LogP contribution >= 0.6 is 0 Å². The molecule has 4 amide bonds. The zero-order chi connectivity index (χ0) is 84.5. The molecule has 8 heterocycles. The van der Waals surface area contributed by atoms with Crippen LogP contribution in [0.25, 0.3) is 44.6 Å². The molecular formula is C82H108N8O28. The zero-order valence-electron chi connectivity index (χ0n) is 67.5. The summed E-state index contributed by atoms with van der Waals surface area (Å²) in [5, 5.41) is 43.0. The van der Waals surface area contributed by atoms with Gasteiger partial charge >= 0.3 is 48.3 Å². The summed E-state index contributed by atoms with van der Waals surface area (Å²) in [5.41, 5.74) is 1.08. The number of hydrogen-bond acceptors (Lipinski definition) is 29. The van der Waals surface area contributed by atoms with Gasteiger partial charge in [0.05, 0.1) is 177 Å². The number of ether oxygens (including phenoxy) is 15. The first-order valence-electron chi connectivity index (χ1n) is 39.9. The van der Waals surface area contributed by atoms with Gasteiger partial charge in [0, 0.05) is 59.2 Å². The van der Waals surface area contributed by atoms with E-state index in [1.807, 2.05) is 32.9 Å². The van der Waals surface area contributed by atoms with Crippen molar-refractivity contribution in [2.45, 2.75) is 155 Å². The first-order chi connectivity index (χ1) is 56.9. The number of aliphatic hydroxyl groups is 2.